The van der Waals surface area contributed by atoms with Crippen LogP contribution in [0.25, 0.3) is 0 Å². The molecule has 1 aliphatic carbocycles. The number of hydrogen-bond donors (Lipinski definition) is 1. The lowest BCUT2D eigenvalue weighted by atomic mass is 9.90. The fourth-order valence-electron chi connectivity index (χ4n) is 4.94. The second kappa shape index (κ2) is 9.73. The summed E-state index contributed by atoms with van der Waals surface area (Å²) in [4.78, 5) is 15.1. The minimum Gasteiger partial charge on any atom is -0.493 e. The smallest absolute Gasteiger partial charge is 0.223 e. The lowest BCUT2D eigenvalue weighted by molar-refractivity contribution is -0.123. The van der Waals surface area contributed by atoms with E-state index in [0.717, 1.165) is 69.8 Å². The molecule has 1 aliphatic heterocycles. The zero-order valence-corrected chi connectivity index (χ0v) is 18.7. The van der Waals surface area contributed by atoms with Crippen LogP contribution < -0.4 is 14.8 Å². The molecular weight excluding hydrogens is 388 g/mol. The van der Waals surface area contributed by atoms with Crippen LogP contribution in [0.3, 0.4) is 0 Å². The van der Waals surface area contributed by atoms with E-state index < -0.39 is 0 Å². The fraction of sp³-hybridized carbons (Fsp3) is 0.500. The molecule has 31 heavy (non-hydrogen) atoms. The first-order valence-corrected chi connectivity index (χ1v) is 11.4. The van der Waals surface area contributed by atoms with Gasteiger partial charge in [0, 0.05) is 19.0 Å². The van der Waals surface area contributed by atoms with Gasteiger partial charge < -0.3 is 14.8 Å². The normalized spacial score (nSPS) is 19.7. The molecule has 1 spiro atoms. The first-order valence-electron chi connectivity index (χ1n) is 11.4. The number of rotatable bonds is 9. The number of nitrogens with zero attached hydrogens (tertiary/aromatic N) is 1. The van der Waals surface area contributed by atoms with Crippen molar-refractivity contribution in [3.63, 3.8) is 0 Å². The molecule has 166 valence electrons. The molecule has 4 rings (SSSR count). The van der Waals surface area contributed by atoms with Crippen molar-refractivity contribution in [1.29, 1.82) is 0 Å². The second-order valence-electron chi connectivity index (χ2n) is 8.96. The zero-order chi connectivity index (χ0) is 21.7. The number of carbonyl (C=O) groups is 1. The third-order valence-corrected chi connectivity index (χ3v) is 7.00. The maximum Gasteiger partial charge on any atom is 0.223 e. The van der Waals surface area contributed by atoms with Crippen molar-refractivity contribution in [2.45, 2.75) is 38.6 Å². The molecule has 1 atom stereocenters. The van der Waals surface area contributed by atoms with Gasteiger partial charge >= 0.3 is 0 Å². The van der Waals surface area contributed by atoms with Gasteiger partial charge in [-0.1, -0.05) is 36.4 Å². The number of benzene rings is 2. The molecule has 0 bridgehead atoms. The molecule has 1 N–H and O–H groups in total. The highest BCUT2D eigenvalue weighted by Gasteiger charge is 2.58. The van der Waals surface area contributed by atoms with Gasteiger partial charge in [-0.3, -0.25) is 9.69 Å². The Morgan fingerprint density at radius 1 is 1.03 bits per heavy atom. The van der Waals surface area contributed by atoms with Gasteiger partial charge in [0.15, 0.2) is 11.5 Å². The van der Waals surface area contributed by atoms with Crippen molar-refractivity contribution in [2.75, 3.05) is 33.9 Å². The van der Waals surface area contributed by atoms with Crippen LogP contribution in [0.1, 0.15) is 36.8 Å². The third-order valence-electron chi connectivity index (χ3n) is 7.00. The van der Waals surface area contributed by atoms with Crippen molar-refractivity contribution in [3.05, 3.63) is 59.7 Å². The number of methoxy groups -OCH3 is 2. The predicted molar refractivity (Wildman–Crippen MR) is 122 cm³/mol. The van der Waals surface area contributed by atoms with Crippen LogP contribution in [0.4, 0.5) is 0 Å². The van der Waals surface area contributed by atoms with E-state index in [9.17, 15) is 4.79 Å². The Kier molecular flexibility index (Phi) is 6.81. The largest absolute Gasteiger partial charge is 0.493 e. The van der Waals surface area contributed by atoms with Gasteiger partial charge in [0.1, 0.15) is 0 Å². The molecule has 2 fully saturated rings. The first-order chi connectivity index (χ1) is 15.1. The molecule has 2 aromatic carbocycles. The van der Waals surface area contributed by atoms with Crippen molar-refractivity contribution in [2.24, 2.45) is 11.3 Å². The fourth-order valence-corrected chi connectivity index (χ4v) is 4.94. The molecule has 1 saturated carbocycles. The van der Waals surface area contributed by atoms with E-state index >= 15 is 0 Å². The lowest BCUT2D eigenvalue weighted by Crippen LogP contribution is -2.37. The Balaban J connectivity index is 1.19. The van der Waals surface area contributed by atoms with Crippen LogP contribution in [0, 0.1) is 11.3 Å². The van der Waals surface area contributed by atoms with Gasteiger partial charge in [0.2, 0.25) is 5.91 Å². The van der Waals surface area contributed by atoms with Crippen molar-refractivity contribution in [1.82, 2.24) is 10.2 Å². The summed E-state index contributed by atoms with van der Waals surface area (Å²) in [5.41, 5.74) is 2.82. The molecule has 0 aromatic heterocycles. The van der Waals surface area contributed by atoms with E-state index in [1.54, 1.807) is 14.2 Å². The number of piperidine rings is 1. The molecule has 1 heterocycles. The molecule has 1 amide bonds. The zero-order valence-electron chi connectivity index (χ0n) is 18.7. The highest BCUT2D eigenvalue weighted by Crippen LogP contribution is 2.59. The molecule has 0 radical (unpaired) electrons. The quantitative estimate of drug-likeness (QED) is 0.620. The summed E-state index contributed by atoms with van der Waals surface area (Å²) in [7, 11) is 3.33. The molecule has 2 aliphatic rings. The standard InChI is InChI=1S/C26H34N2O3/c1-30-23-11-10-21(17-24(23)31-2)19-28-15-12-26(13-16-28)18-22(26)25(29)27-14-6-9-20-7-4-3-5-8-20/h3-5,7-8,10-11,17,22H,6,9,12-16,18-19H2,1-2H3,(H,27,29)/t22-/m0/s1. The predicted octanol–water partition coefficient (Wildman–Crippen LogP) is 4.05. The van der Waals surface area contributed by atoms with Gasteiger partial charge in [-0.05, 0) is 73.9 Å². The van der Waals surface area contributed by atoms with Crippen molar-refractivity contribution in [3.8, 4) is 11.5 Å². The first kappa shape index (κ1) is 21.7. The summed E-state index contributed by atoms with van der Waals surface area (Å²) >= 11 is 0. The van der Waals surface area contributed by atoms with Gasteiger partial charge in [-0.25, -0.2) is 0 Å². The van der Waals surface area contributed by atoms with E-state index in [0.29, 0.717) is 0 Å². The van der Waals surface area contributed by atoms with E-state index in [-0.39, 0.29) is 17.2 Å². The van der Waals surface area contributed by atoms with Gasteiger partial charge in [-0.15, -0.1) is 0 Å². The second-order valence-corrected chi connectivity index (χ2v) is 8.96. The Morgan fingerprint density at radius 3 is 2.48 bits per heavy atom. The number of hydrogen-bond acceptors (Lipinski definition) is 4. The van der Waals surface area contributed by atoms with E-state index in [2.05, 4.69) is 46.6 Å². The van der Waals surface area contributed by atoms with Crippen molar-refractivity contribution >= 4 is 5.91 Å². The number of carbonyl (C=O) groups excluding carboxylic acids is 1. The summed E-state index contributed by atoms with van der Waals surface area (Å²) in [6, 6.07) is 16.6. The maximum absolute atomic E-state index is 12.6. The Morgan fingerprint density at radius 2 is 1.77 bits per heavy atom. The van der Waals surface area contributed by atoms with E-state index in [1.165, 1.54) is 11.1 Å². The SMILES string of the molecule is COc1ccc(CN2CCC3(CC2)C[C@H]3C(=O)NCCCc2ccccc2)cc1OC. The van der Waals surface area contributed by atoms with E-state index in [4.69, 9.17) is 9.47 Å². The van der Waals surface area contributed by atoms with Gasteiger partial charge in [0.05, 0.1) is 14.2 Å². The summed E-state index contributed by atoms with van der Waals surface area (Å²) in [5.74, 6) is 2.02. The lowest BCUT2D eigenvalue weighted by Gasteiger charge is -2.33. The monoisotopic (exact) mass is 422 g/mol. The van der Waals surface area contributed by atoms with Crippen LogP contribution in [-0.4, -0.2) is 44.7 Å². The maximum atomic E-state index is 12.6. The number of likely N-dealkylation sites (tertiary alicyclic amines) is 1. The molecule has 1 saturated heterocycles. The third kappa shape index (κ3) is 5.21. The minimum atomic E-state index is 0.215. The Labute approximate surface area is 185 Å². The molecule has 2 aromatic rings. The number of ether oxygens (including phenoxy) is 2. The Bertz CT molecular complexity index is 875. The van der Waals surface area contributed by atoms with Crippen LogP contribution in [-0.2, 0) is 17.8 Å². The van der Waals surface area contributed by atoms with Crippen LogP contribution in [0.15, 0.2) is 48.5 Å². The molecular formula is C26H34N2O3. The summed E-state index contributed by atoms with van der Waals surface area (Å²) in [6.45, 7) is 3.77. The van der Waals surface area contributed by atoms with Gasteiger partial charge in [-0.2, -0.15) is 0 Å². The molecule has 0 unspecified atom stereocenters. The number of amides is 1. The summed E-state index contributed by atoms with van der Waals surface area (Å²) in [5, 5.41) is 3.18. The summed E-state index contributed by atoms with van der Waals surface area (Å²) < 4.78 is 10.8. The van der Waals surface area contributed by atoms with Crippen LogP contribution in [0.2, 0.25) is 0 Å². The topological polar surface area (TPSA) is 50.8 Å². The molecule has 5 heteroatoms. The van der Waals surface area contributed by atoms with Crippen LogP contribution >= 0.6 is 0 Å². The van der Waals surface area contributed by atoms with E-state index in [1.807, 2.05) is 12.1 Å². The average Bonchev–Trinajstić information content (AvgIpc) is 3.52. The summed E-state index contributed by atoms with van der Waals surface area (Å²) in [6.07, 6.45) is 5.29. The highest BCUT2D eigenvalue weighted by atomic mass is 16.5. The highest BCUT2D eigenvalue weighted by molar-refractivity contribution is 5.82. The number of aryl methyl sites for hydroxylation is 1. The molecule has 5 nitrogen and oxygen atoms in total. The van der Waals surface area contributed by atoms with Crippen molar-refractivity contribution < 1.29 is 14.3 Å². The number of nitrogens with one attached hydrogen (secondary N) is 1. The van der Waals surface area contributed by atoms with Gasteiger partial charge in [0.25, 0.3) is 0 Å². The van der Waals surface area contributed by atoms with Crippen LogP contribution in [0.5, 0.6) is 11.5 Å². The average molecular weight is 423 g/mol. The minimum absolute atomic E-state index is 0.215. The Hall–Kier alpha value is -2.53.